The summed E-state index contributed by atoms with van der Waals surface area (Å²) in [5.74, 6) is 0.804. The molecule has 0 unspecified atom stereocenters. The smallest absolute Gasteiger partial charge is 0.152 e. The van der Waals surface area contributed by atoms with Crippen LogP contribution in [0.5, 0.6) is 0 Å². The number of anilines is 2. The van der Waals surface area contributed by atoms with Crippen LogP contribution in [0.25, 0.3) is 0 Å². The van der Waals surface area contributed by atoms with Crippen molar-refractivity contribution in [2.75, 3.05) is 17.7 Å². The summed E-state index contributed by atoms with van der Waals surface area (Å²) in [6.07, 6.45) is 1.78. The van der Waals surface area contributed by atoms with E-state index in [1.165, 1.54) is 0 Å². The van der Waals surface area contributed by atoms with Crippen LogP contribution in [0.4, 0.5) is 11.5 Å². The molecule has 0 saturated heterocycles. The molecule has 2 heterocycles. The van der Waals surface area contributed by atoms with Gasteiger partial charge in [0.05, 0.1) is 17.9 Å². The van der Waals surface area contributed by atoms with Crippen LogP contribution in [0.1, 0.15) is 17.0 Å². The van der Waals surface area contributed by atoms with Gasteiger partial charge < -0.3 is 10.6 Å². The van der Waals surface area contributed by atoms with Crippen LogP contribution >= 0.6 is 0 Å². The fraction of sp³-hybridized carbons (Fsp3) is 0.286. The van der Waals surface area contributed by atoms with Crippen molar-refractivity contribution in [1.29, 1.82) is 0 Å². The first kappa shape index (κ1) is 12.4. The Labute approximate surface area is 107 Å². The van der Waals surface area contributed by atoms with E-state index in [1.54, 1.807) is 6.20 Å². The molecule has 0 aromatic carbocycles. The molecular weight excluding hydrogens is 224 g/mol. The summed E-state index contributed by atoms with van der Waals surface area (Å²) < 4.78 is 0. The molecule has 0 radical (unpaired) electrons. The van der Waals surface area contributed by atoms with Gasteiger partial charge in [-0.05, 0) is 37.6 Å². The second kappa shape index (κ2) is 5.04. The van der Waals surface area contributed by atoms with E-state index in [0.29, 0.717) is 6.54 Å². The zero-order valence-corrected chi connectivity index (χ0v) is 11.0. The molecule has 2 aromatic heterocycles. The lowest BCUT2D eigenvalue weighted by molar-refractivity contribution is 0.860. The molecule has 0 spiro atoms. The zero-order chi connectivity index (χ0) is 13.1. The van der Waals surface area contributed by atoms with Crippen LogP contribution in [-0.2, 0) is 6.54 Å². The normalized spacial score (nSPS) is 10.4. The van der Waals surface area contributed by atoms with Gasteiger partial charge >= 0.3 is 0 Å². The summed E-state index contributed by atoms with van der Waals surface area (Å²) in [4.78, 5) is 10.8. The molecule has 94 valence electrons. The van der Waals surface area contributed by atoms with Gasteiger partial charge in [-0.15, -0.1) is 0 Å². The Bertz CT molecular complexity index is 551. The predicted octanol–water partition coefficient (Wildman–Crippen LogP) is 2.31. The summed E-state index contributed by atoms with van der Waals surface area (Å²) in [5, 5.41) is 0. The average molecular weight is 242 g/mol. The summed E-state index contributed by atoms with van der Waals surface area (Å²) in [6.45, 7) is 4.67. The second-order valence-corrected chi connectivity index (χ2v) is 4.49. The standard InChI is InChI=1S/C14H18N4/c1-10-7-8-16-14(13(10)15)18(3)9-12-6-4-5-11(2)17-12/h4-8H,9,15H2,1-3H3. The van der Waals surface area contributed by atoms with Gasteiger partial charge in [0.1, 0.15) is 0 Å². The third-order valence-electron chi connectivity index (χ3n) is 2.89. The van der Waals surface area contributed by atoms with E-state index in [9.17, 15) is 0 Å². The minimum Gasteiger partial charge on any atom is -0.396 e. The van der Waals surface area contributed by atoms with E-state index in [4.69, 9.17) is 5.73 Å². The van der Waals surface area contributed by atoms with Crippen LogP contribution in [0.3, 0.4) is 0 Å². The molecule has 0 saturated carbocycles. The van der Waals surface area contributed by atoms with Gasteiger partial charge in [-0.1, -0.05) is 6.07 Å². The molecule has 0 bridgehead atoms. The molecule has 2 aromatic rings. The molecule has 18 heavy (non-hydrogen) atoms. The van der Waals surface area contributed by atoms with Crippen LogP contribution in [-0.4, -0.2) is 17.0 Å². The number of nitrogens with two attached hydrogens (primary N) is 1. The fourth-order valence-corrected chi connectivity index (χ4v) is 1.86. The Hall–Kier alpha value is -2.10. The Balaban J connectivity index is 2.22. The van der Waals surface area contributed by atoms with Gasteiger partial charge in [0.2, 0.25) is 0 Å². The maximum atomic E-state index is 6.04. The zero-order valence-electron chi connectivity index (χ0n) is 11.0. The lowest BCUT2D eigenvalue weighted by atomic mass is 10.2. The SMILES string of the molecule is Cc1cccc(CN(C)c2nccc(C)c2N)n1. The molecule has 4 heteroatoms. The van der Waals surface area contributed by atoms with Crippen molar-refractivity contribution in [1.82, 2.24) is 9.97 Å². The molecular formula is C14H18N4. The van der Waals surface area contributed by atoms with E-state index < -0.39 is 0 Å². The van der Waals surface area contributed by atoms with Crippen LogP contribution in [0.15, 0.2) is 30.5 Å². The first-order valence-corrected chi connectivity index (χ1v) is 5.92. The maximum absolute atomic E-state index is 6.04. The molecule has 0 atom stereocenters. The third kappa shape index (κ3) is 2.59. The Morgan fingerprint density at radius 3 is 2.72 bits per heavy atom. The topological polar surface area (TPSA) is 55.0 Å². The van der Waals surface area contributed by atoms with Gasteiger partial charge in [-0.3, -0.25) is 4.98 Å². The summed E-state index contributed by atoms with van der Waals surface area (Å²) >= 11 is 0. The lowest BCUT2D eigenvalue weighted by Crippen LogP contribution is -2.20. The van der Waals surface area contributed by atoms with Crippen LogP contribution in [0.2, 0.25) is 0 Å². The Morgan fingerprint density at radius 1 is 1.22 bits per heavy atom. The number of hydrogen-bond acceptors (Lipinski definition) is 4. The highest BCUT2D eigenvalue weighted by molar-refractivity contribution is 5.65. The van der Waals surface area contributed by atoms with Gasteiger partial charge in [-0.2, -0.15) is 0 Å². The van der Waals surface area contributed by atoms with Crippen LogP contribution in [0, 0.1) is 13.8 Å². The molecule has 2 N–H and O–H groups in total. The Kier molecular flexibility index (Phi) is 3.46. The van der Waals surface area contributed by atoms with Crippen molar-refractivity contribution in [3.63, 3.8) is 0 Å². The van der Waals surface area contributed by atoms with Gasteiger partial charge in [0.15, 0.2) is 5.82 Å². The highest BCUT2D eigenvalue weighted by Crippen LogP contribution is 2.23. The number of pyridine rings is 2. The van der Waals surface area contributed by atoms with Crippen molar-refractivity contribution < 1.29 is 0 Å². The fourth-order valence-electron chi connectivity index (χ4n) is 1.86. The molecule has 0 aliphatic carbocycles. The van der Waals surface area contributed by atoms with Gasteiger partial charge in [-0.25, -0.2) is 4.98 Å². The van der Waals surface area contributed by atoms with Crippen molar-refractivity contribution in [3.8, 4) is 0 Å². The predicted molar refractivity (Wildman–Crippen MR) is 74.5 cm³/mol. The Morgan fingerprint density at radius 2 is 2.00 bits per heavy atom. The van der Waals surface area contributed by atoms with Crippen molar-refractivity contribution in [2.45, 2.75) is 20.4 Å². The van der Waals surface area contributed by atoms with Crippen LogP contribution < -0.4 is 10.6 Å². The number of nitrogens with zero attached hydrogens (tertiary/aromatic N) is 3. The van der Waals surface area contributed by atoms with Crippen molar-refractivity contribution in [2.24, 2.45) is 0 Å². The van der Waals surface area contributed by atoms with E-state index in [2.05, 4.69) is 9.97 Å². The number of nitrogen functional groups attached to an aromatic ring is 1. The molecule has 0 aliphatic heterocycles. The first-order valence-electron chi connectivity index (χ1n) is 5.92. The summed E-state index contributed by atoms with van der Waals surface area (Å²) in [7, 11) is 1.97. The van der Waals surface area contributed by atoms with E-state index >= 15 is 0 Å². The van der Waals surface area contributed by atoms with E-state index in [-0.39, 0.29) is 0 Å². The second-order valence-electron chi connectivity index (χ2n) is 4.49. The van der Waals surface area contributed by atoms with Gasteiger partial charge in [0, 0.05) is 18.9 Å². The highest BCUT2D eigenvalue weighted by atomic mass is 15.2. The summed E-state index contributed by atoms with van der Waals surface area (Å²) in [6, 6.07) is 7.92. The van der Waals surface area contributed by atoms with Gasteiger partial charge in [0.25, 0.3) is 0 Å². The highest BCUT2D eigenvalue weighted by Gasteiger charge is 2.09. The van der Waals surface area contributed by atoms with E-state index in [1.807, 2.05) is 50.1 Å². The number of rotatable bonds is 3. The minimum atomic E-state index is 0.697. The molecule has 0 aliphatic rings. The maximum Gasteiger partial charge on any atom is 0.152 e. The average Bonchev–Trinajstić information content (AvgIpc) is 2.32. The lowest BCUT2D eigenvalue weighted by Gasteiger charge is -2.20. The first-order chi connectivity index (χ1) is 8.58. The number of aryl methyl sites for hydroxylation is 2. The largest absolute Gasteiger partial charge is 0.396 e. The van der Waals surface area contributed by atoms with Crippen molar-refractivity contribution >= 4 is 11.5 Å². The molecule has 2 rings (SSSR count). The minimum absolute atomic E-state index is 0.697. The number of aromatic nitrogens is 2. The summed E-state index contributed by atoms with van der Waals surface area (Å²) in [5.41, 5.74) is 9.85. The van der Waals surface area contributed by atoms with Crippen molar-refractivity contribution in [3.05, 3.63) is 47.4 Å². The number of hydrogen-bond donors (Lipinski definition) is 1. The monoisotopic (exact) mass is 242 g/mol. The molecule has 4 nitrogen and oxygen atoms in total. The van der Waals surface area contributed by atoms with E-state index in [0.717, 1.165) is 28.5 Å². The third-order valence-corrected chi connectivity index (χ3v) is 2.89. The molecule has 0 fully saturated rings. The molecule has 0 amide bonds. The quantitative estimate of drug-likeness (QED) is 0.897.